The minimum atomic E-state index is 1.05. The second kappa shape index (κ2) is 14.1. The minimum absolute atomic E-state index is 1.05. The molecule has 0 heterocycles. The van der Waals surface area contributed by atoms with Gasteiger partial charge >= 0.3 is 0 Å². The molecule has 0 spiro atoms. The summed E-state index contributed by atoms with van der Waals surface area (Å²) in [6, 6.07) is 0. The van der Waals surface area contributed by atoms with Gasteiger partial charge in [-0.1, -0.05) is 73.1 Å². The number of unbranched alkanes of at least 4 members (excludes halogenated alkanes) is 1. The number of allylic oxidation sites excluding steroid dienone is 10. The van der Waals surface area contributed by atoms with Gasteiger partial charge in [0.1, 0.15) is 0 Å². The second-order valence-electron chi connectivity index (χ2n) is 5.45. The maximum Gasteiger partial charge on any atom is -0.0141 e. The molecule has 0 radical (unpaired) electrons. The highest BCUT2D eigenvalue weighted by Crippen LogP contribution is 2.05. The Labute approximate surface area is 126 Å². The molecule has 0 fully saturated rings. The van der Waals surface area contributed by atoms with Crippen LogP contribution < -0.4 is 0 Å². The van der Waals surface area contributed by atoms with Crippen LogP contribution in [-0.4, -0.2) is 0 Å². The van der Waals surface area contributed by atoms with Crippen molar-refractivity contribution in [3.8, 4) is 0 Å². The van der Waals surface area contributed by atoms with Crippen LogP contribution in [0.5, 0.6) is 0 Å². The summed E-state index contributed by atoms with van der Waals surface area (Å²) in [6.45, 7) is 8.70. The summed E-state index contributed by atoms with van der Waals surface area (Å²) in [5.41, 5.74) is 2.84. The van der Waals surface area contributed by atoms with Crippen molar-refractivity contribution in [3.05, 3.63) is 59.8 Å². The van der Waals surface area contributed by atoms with Crippen LogP contribution in [0.15, 0.2) is 59.8 Å². The van der Waals surface area contributed by atoms with Gasteiger partial charge in [-0.15, -0.1) is 0 Å². The fourth-order valence-corrected chi connectivity index (χ4v) is 1.67. The maximum atomic E-state index is 2.32. The fraction of sp³-hybridized carbons (Fsp3) is 0.500. The third-order valence-electron chi connectivity index (χ3n) is 2.93. The molecule has 0 bridgehead atoms. The van der Waals surface area contributed by atoms with Gasteiger partial charge in [0, 0.05) is 0 Å². The van der Waals surface area contributed by atoms with Crippen molar-refractivity contribution in [3.63, 3.8) is 0 Å². The monoisotopic (exact) mass is 272 g/mol. The molecule has 112 valence electrons. The van der Waals surface area contributed by atoms with E-state index in [1.54, 1.807) is 0 Å². The molecule has 0 atom stereocenters. The highest BCUT2D eigenvalue weighted by Gasteiger charge is 1.84. The molecule has 0 amide bonds. The van der Waals surface area contributed by atoms with E-state index in [9.17, 15) is 0 Å². The largest absolute Gasteiger partial charge is 0.0882 e. The van der Waals surface area contributed by atoms with Gasteiger partial charge in [0.05, 0.1) is 0 Å². The Bertz CT molecular complexity index is 357. The summed E-state index contributed by atoms with van der Waals surface area (Å²) in [5, 5.41) is 0. The second-order valence-corrected chi connectivity index (χ2v) is 5.45. The van der Waals surface area contributed by atoms with Crippen molar-refractivity contribution < 1.29 is 0 Å². The van der Waals surface area contributed by atoms with E-state index in [1.807, 2.05) is 0 Å². The van der Waals surface area contributed by atoms with Crippen LogP contribution in [0, 0.1) is 0 Å². The summed E-state index contributed by atoms with van der Waals surface area (Å²) in [4.78, 5) is 0. The van der Waals surface area contributed by atoms with Gasteiger partial charge in [0.2, 0.25) is 0 Å². The van der Waals surface area contributed by atoms with E-state index >= 15 is 0 Å². The van der Waals surface area contributed by atoms with E-state index in [4.69, 9.17) is 0 Å². The lowest BCUT2D eigenvalue weighted by atomic mass is 10.1. The summed E-state index contributed by atoms with van der Waals surface area (Å²) < 4.78 is 0. The highest BCUT2D eigenvalue weighted by atomic mass is 13.9. The van der Waals surface area contributed by atoms with Crippen molar-refractivity contribution in [2.24, 2.45) is 0 Å². The summed E-state index contributed by atoms with van der Waals surface area (Å²) in [5.74, 6) is 0. The zero-order valence-electron chi connectivity index (χ0n) is 13.9. The van der Waals surface area contributed by atoms with Crippen molar-refractivity contribution in [2.75, 3.05) is 0 Å². The van der Waals surface area contributed by atoms with Gasteiger partial charge in [0.25, 0.3) is 0 Å². The molecule has 20 heavy (non-hydrogen) atoms. The Morgan fingerprint density at radius 1 is 0.700 bits per heavy atom. The standard InChI is InChI=1S/C20H32/c1-5-6-7-8-9-10-11-14-17-20(4)18-15-12-13-16-19(2)3/h7-8,10-12,15-17H,5-6,9,13-14,18H2,1-4H3. The van der Waals surface area contributed by atoms with Crippen LogP contribution in [-0.2, 0) is 0 Å². The fourth-order valence-electron chi connectivity index (χ4n) is 1.67. The van der Waals surface area contributed by atoms with Gasteiger partial charge < -0.3 is 0 Å². The lowest BCUT2D eigenvalue weighted by molar-refractivity contribution is 0.954. The van der Waals surface area contributed by atoms with Crippen molar-refractivity contribution in [1.29, 1.82) is 0 Å². The molecule has 0 N–H and O–H groups in total. The predicted octanol–water partition coefficient (Wildman–Crippen LogP) is 6.93. The lowest BCUT2D eigenvalue weighted by Crippen LogP contribution is -1.73. The first kappa shape index (κ1) is 18.7. The Morgan fingerprint density at radius 3 is 2.00 bits per heavy atom. The molecule has 0 heteroatoms. The van der Waals surface area contributed by atoms with Gasteiger partial charge in [0.15, 0.2) is 0 Å². The van der Waals surface area contributed by atoms with E-state index in [0.717, 1.165) is 25.7 Å². The van der Waals surface area contributed by atoms with E-state index in [-0.39, 0.29) is 0 Å². The Balaban J connectivity index is 3.74. The molecule has 0 saturated heterocycles. The average molecular weight is 272 g/mol. The summed E-state index contributed by atoms with van der Waals surface area (Å²) >= 11 is 0. The quantitative estimate of drug-likeness (QED) is 0.378. The molecule has 0 aromatic carbocycles. The van der Waals surface area contributed by atoms with Gasteiger partial charge in [-0.25, -0.2) is 0 Å². The lowest BCUT2D eigenvalue weighted by Gasteiger charge is -1.94. The Kier molecular flexibility index (Phi) is 13.2. The Morgan fingerprint density at radius 2 is 1.30 bits per heavy atom. The molecular formula is C20H32. The third-order valence-corrected chi connectivity index (χ3v) is 2.93. The molecule has 0 aliphatic rings. The van der Waals surface area contributed by atoms with Crippen LogP contribution >= 0.6 is 0 Å². The average Bonchev–Trinajstić information content (AvgIpc) is 2.41. The van der Waals surface area contributed by atoms with Crippen LogP contribution in [0.1, 0.15) is 66.2 Å². The normalized spacial score (nSPS) is 12.9. The Hall–Kier alpha value is -1.30. The van der Waals surface area contributed by atoms with E-state index in [2.05, 4.69) is 76.3 Å². The zero-order valence-corrected chi connectivity index (χ0v) is 13.9. The van der Waals surface area contributed by atoms with Crippen LogP contribution in [0.25, 0.3) is 0 Å². The first-order valence-electron chi connectivity index (χ1n) is 7.90. The molecule has 0 aliphatic heterocycles. The third kappa shape index (κ3) is 14.8. The maximum absolute atomic E-state index is 2.32. The van der Waals surface area contributed by atoms with E-state index < -0.39 is 0 Å². The van der Waals surface area contributed by atoms with Crippen molar-refractivity contribution in [2.45, 2.75) is 66.2 Å². The first-order chi connectivity index (χ1) is 9.66. The molecule has 0 aromatic rings. The van der Waals surface area contributed by atoms with Gasteiger partial charge in [-0.05, 0) is 52.9 Å². The van der Waals surface area contributed by atoms with E-state index in [0.29, 0.717) is 0 Å². The smallest absolute Gasteiger partial charge is 0.0141 e. The zero-order chi connectivity index (χ0) is 15.1. The number of hydrogen-bond acceptors (Lipinski definition) is 0. The molecule has 0 aromatic heterocycles. The highest BCUT2D eigenvalue weighted by molar-refractivity contribution is 5.08. The molecule has 0 aliphatic carbocycles. The van der Waals surface area contributed by atoms with E-state index in [1.165, 1.54) is 24.0 Å². The number of hydrogen-bond donors (Lipinski definition) is 0. The van der Waals surface area contributed by atoms with Crippen LogP contribution in [0.3, 0.4) is 0 Å². The number of rotatable bonds is 10. The predicted molar refractivity (Wildman–Crippen MR) is 94.0 cm³/mol. The van der Waals surface area contributed by atoms with Crippen LogP contribution in [0.2, 0.25) is 0 Å². The van der Waals surface area contributed by atoms with Crippen molar-refractivity contribution in [1.82, 2.24) is 0 Å². The molecular weight excluding hydrogens is 240 g/mol. The SMILES string of the molecule is CCCC=CCC=CCC=C(C)CC=CCC=C(C)C. The summed E-state index contributed by atoms with van der Waals surface area (Å²) in [6.07, 6.45) is 24.8. The molecule has 0 rings (SSSR count). The minimum Gasteiger partial charge on any atom is -0.0882 e. The molecule has 0 nitrogen and oxygen atoms in total. The van der Waals surface area contributed by atoms with Crippen molar-refractivity contribution >= 4 is 0 Å². The molecule has 0 unspecified atom stereocenters. The topological polar surface area (TPSA) is 0 Å². The first-order valence-corrected chi connectivity index (χ1v) is 7.90. The summed E-state index contributed by atoms with van der Waals surface area (Å²) in [7, 11) is 0. The van der Waals surface area contributed by atoms with Crippen LogP contribution in [0.4, 0.5) is 0 Å². The van der Waals surface area contributed by atoms with Gasteiger partial charge in [-0.2, -0.15) is 0 Å². The van der Waals surface area contributed by atoms with Gasteiger partial charge in [-0.3, -0.25) is 0 Å². The molecule has 0 saturated carbocycles.